The quantitative estimate of drug-likeness (QED) is 0.727. The molecule has 0 saturated carbocycles. The molecule has 0 aliphatic rings. The molecule has 0 fully saturated rings. The average molecular weight is 269 g/mol. The molecule has 0 spiro atoms. The summed E-state index contributed by atoms with van der Waals surface area (Å²) in [4.78, 5) is 0. The first-order valence-electron chi connectivity index (χ1n) is 4.44. The monoisotopic (exact) mass is 270 g/mol. The van der Waals surface area contributed by atoms with Gasteiger partial charge in [-0.3, -0.25) is 0 Å². The maximum absolute atomic E-state index is 13.3. The molecule has 0 unspecified atom stereocenters. The number of hydrogen-bond donors (Lipinski definition) is 0. The van der Waals surface area contributed by atoms with Crippen LogP contribution in [0.25, 0.3) is 0 Å². The van der Waals surface area contributed by atoms with Crippen LogP contribution in [0.15, 0.2) is 48.5 Å². The van der Waals surface area contributed by atoms with E-state index in [1.807, 2.05) is 30.3 Å². The van der Waals surface area contributed by atoms with E-state index in [2.05, 4.69) is 0 Å². The molecule has 2 aromatic rings. The van der Waals surface area contributed by atoms with Crippen molar-refractivity contribution in [1.29, 1.82) is 0 Å². The second-order valence-electron chi connectivity index (χ2n) is 2.97. The molecule has 0 N–H and O–H groups in total. The van der Waals surface area contributed by atoms with Gasteiger partial charge in [-0.25, -0.2) is 0 Å². The van der Waals surface area contributed by atoms with Gasteiger partial charge in [0.05, 0.1) is 0 Å². The van der Waals surface area contributed by atoms with Crippen LogP contribution < -0.4 is 8.92 Å². The fourth-order valence-corrected chi connectivity index (χ4v) is 2.99. The topological polar surface area (TPSA) is 0 Å². The van der Waals surface area contributed by atoms with Crippen molar-refractivity contribution in [3.05, 3.63) is 60.2 Å². The van der Waals surface area contributed by atoms with Gasteiger partial charge in [-0.2, -0.15) is 0 Å². The van der Waals surface area contributed by atoms with E-state index in [-0.39, 0.29) is 19.4 Å². The minimum atomic E-state index is -0.459. The molecule has 0 amide bonds. The Kier molecular flexibility index (Phi) is 3.14. The zero-order chi connectivity index (χ0) is 10.7. The first kappa shape index (κ1) is 10.3. The Bertz CT molecular complexity index is 434. The first-order valence-corrected chi connectivity index (χ1v) is 6.15. The van der Waals surface area contributed by atoms with Crippen molar-refractivity contribution in [3.8, 4) is 0 Å². The van der Waals surface area contributed by atoms with Gasteiger partial charge in [0, 0.05) is 0 Å². The van der Waals surface area contributed by atoms with Crippen LogP contribution in [0.4, 0.5) is 8.78 Å². The summed E-state index contributed by atoms with van der Waals surface area (Å²) in [6.45, 7) is 0. The Morgan fingerprint density at radius 1 is 0.733 bits per heavy atom. The van der Waals surface area contributed by atoms with Crippen molar-refractivity contribution in [2.45, 2.75) is 0 Å². The Labute approximate surface area is 93.1 Å². The van der Waals surface area contributed by atoms with Crippen molar-refractivity contribution in [2.24, 2.45) is 0 Å². The summed E-state index contributed by atoms with van der Waals surface area (Å²) < 4.78 is 27.8. The Morgan fingerprint density at radius 2 is 1.33 bits per heavy atom. The fourth-order valence-electron chi connectivity index (χ4n) is 1.19. The Hall–Kier alpha value is -1.18. The Balaban J connectivity index is 2.32. The van der Waals surface area contributed by atoms with Crippen molar-refractivity contribution >= 4 is 23.9 Å². The van der Waals surface area contributed by atoms with Gasteiger partial charge in [-0.15, -0.1) is 0 Å². The summed E-state index contributed by atoms with van der Waals surface area (Å²) in [6.07, 6.45) is 0. The van der Waals surface area contributed by atoms with Crippen LogP contribution in [0.3, 0.4) is 0 Å². The Morgan fingerprint density at radius 3 is 1.93 bits per heavy atom. The average Bonchev–Trinajstić information content (AvgIpc) is 2.25. The van der Waals surface area contributed by atoms with Gasteiger partial charge in [0.25, 0.3) is 0 Å². The van der Waals surface area contributed by atoms with Crippen LogP contribution in [0, 0.1) is 11.6 Å². The molecular formula is C12H8F2Se. The minimum absolute atomic E-state index is 0.191. The first-order chi connectivity index (χ1) is 7.27. The molecule has 0 aliphatic carbocycles. The van der Waals surface area contributed by atoms with E-state index in [0.29, 0.717) is 0 Å². The summed E-state index contributed by atoms with van der Waals surface area (Å²) in [5.74, 6) is -0.919. The van der Waals surface area contributed by atoms with Crippen molar-refractivity contribution in [2.75, 3.05) is 0 Å². The van der Waals surface area contributed by atoms with Crippen molar-refractivity contribution in [1.82, 2.24) is 0 Å². The maximum atomic E-state index is 13.3. The molecule has 0 bridgehead atoms. The molecule has 0 heterocycles. The van der Waals surface area contributed by atoms with Crippen LogP contribution in [-0.2, 0) is 0 Å². The summed E-state index contributed by atoms with van der Waals surface area (Å²) in [7, 11) is 0. The van der Waals surface area contributed by atoms with Gasteiger partial charge in [0.15, 0.2) is 0 Å². The van der Waals surface area contributed by atoms with Gasteiger partial charge in [-0.1, -0.05) is 0 Å². The van der Waals surface area contributed by atoms with E-state index in [1.54, 1.807) is 0 Å². The van der Waals surface area contributed by atoms with Crippen LogP contribution in [0.2, 0.25) is 0 Å². The zero-order valence-corrected chi connectivity index (χ0v) is 9.50. The molecule has 0 radical (unpaired) electrons. The van der Waals surface area contributed by atoms with Gasteiger partial charge >= 0.3 is 92.8 Å². The number of rotatable bonds is 2. The van der Waals surface area contributed by atoms with Gasteiger partial charge in [-0.05, 0) is 0 Å². The van der Waals surface area contributed by atoms with E-state index in [0.717, 1.165) is 4.46 Å². The molecule has 76 valence electrons. The molecule has 2 aromatic carbocycles. The summed E-state index contributed by atoms with van der Waals surface area (Å²) in [5.41, 5.74) is 0. The van der Waals surface area contributed by atoms with Crippen LogP contribution in [0.5, 0.6) is 0 Å². The zero-order valence-electron chi connectivity index (χ0n) is 7.78. The predicted octanol–water partition coefficient (Wildman–Crippen LogP) is 1.62. The third-order valence-electron chi connectivity index (χ3n) is 1.88. The molecule has 0 aromatic heterocycles. The third-order valence-corrected chi connectivity index (χ3v) is 4.19. The van der Waals surface area contributed by atoms with E-state index in [1.165, 1.54) is 18.2 Å². The third kappa shape index (κ3) is 2.44. The number of halogens is 2. The molecular weight excluding hydrogens is 261 g/mol. The number of hydrogen-bond acceptors (Lipinski definition) is 0. The summed E-state index contributed by atoms with van der Waals surface area (Å²) in [5, 5.41) is 0. The second kappa shape index (κ2) is 4.56. The molecule has 2 rings (SSSR count). The normalized spacial score (nSPS) is 10.3. The molecule has 0 atom stereocenters. The van der Waals surface area contributed by atoms with Gasteiger partial charge in [0.1, 0.15) is 0 Å². The fraction of sp³-hybridized carbons (Fsp3) is 0. The molecule has 0 aliphatic heterocycles. The van der Waals surface area contributed by atoms with E-state index in [9.17, 15) is 8.78 Å². The molecule has 15 heavy (non-hydrogen) atoms. The van der Waals surface area contributed by atoms with Crippen LogP contribution >= 0.6 is 0 Å². The second-order valence-corrected chi connectivity index (χ2v) is 5.24. The summed E-state index contributed by atoms with van der Waals surface area (Å²) in [6, 6.07) is 13.4. The SMILES string of the molecule is Fc1cccc(F)c1[Se]c1ccccc1. The molecule has 0 saturated heterocycles. The van der Waals surface area contributed by atoms with Crippen LogP contribution in [-0.4, -0.2) is 15.0 Å². The molecule has 0 nitrogen and oxygen atoms in total. The summed E-state index contributed by atoms with van der Waals surface area (Å²) >= 11 is -0.309. The van der Waals surface area contributed by atoms with E-state index in [4.69, 9.17) is 0 Å². The number of benzene rings is 2. The predicted molar refractivity (Wildman–Crippen MR) is 57.8 cm³/mol. The molecule has 3 heteroatoms. The standard InChI is InChI=1S/C12H8F2Se/c13-10-7-4-8-11(14)12(10)15-9-5-2-1-3-6-9/h1-8H. The van der Waals surface area contributed by atoms with Crippen molar-refractivity contribution < 1.29 is 8.78 Å². The van der Waals surface area contributed by atoms with Crippen molar-refractivity contribution in [3.63, 3.8) is 0 Å². The van der Waals surface area contributed by atoms with E-state index < -0.39 is 11.6 Å². The van der Waals surface area contributed by atoms with Gasteiger partial charge < -0.3 is 0 Å². The van der Waals surface area contributed by atoms with Gasteiger partial charge in [0.2, 0.25) is 0 Å². The van der Waals surface area contributed by atoms with E-state index >= 15 is 0 Å². The van der Waals surface area contributed by atoms with Crippen LogP contribution in [0.1, 0.15) is 0 Å².